The van der Waals surface area contributed by atoms with Crippen molar-refractivity contribution in [3.8, 4) is 0 Å². The van der Waals surface area contributed by atoms with Gasteiger partial charge in [-0.25, -0.2) is 4.40 Å². The lowest BCUT2D eigenvalue weighted by Gasteiger charge is -2.17. The highest BCUT2D eigenvalue weighted by molar-refractivity contribution is 7.99. The number of carbonyl (C=O) groups is 1. The Kier molecular flexibility index (Phi) is 5.40. The number of rotatable bonds is 6. The van der Waals surface area contributed by atoms with Crippen LogP contribution in [0.2, 0.25) is 0 Å². The van der Waals surface area contributed by atoms with Crippen LogP contribution in [0.1, 0.15) is 34.3 Å². The Morgan fingerprint density at radius 2 is 1.79 bits per heavy atom. The molecule has 0 radical (unpaired) electrons. The van der Waals surface area contributed by atoms with Crippen molar-refractivity contribution in [2.75, 3.05) is 43.7 Å². The van der Waals surface area contributed by atoms with Crippen LogP contribution < -0.4 is 9.80 Å². The second-order valence-electron chi connectivity index (χ2n) is 7.63. The highest BCUT2D eigenvalue weighted by atomic mass is 32.2. The molecular formula is C20H25N7OS. The first-order chi connectivity index (χ1) is 13.9. The number of carbonyl (C=O) groups excluding carboxylic acids is 1. The van der Waals surface area contributed by atoms with E-state index in [0.29, 0.717) is 28.6 Å². The Hall–Kier alpha value is -2.68. The third kappa shape index (κ3) is 3.91. The van der Waals surface area contributed by atoms with Crippen LogP contribution in [0.4, 0.5) is 11.9 Å². The van der Waals surface area contributed by atoms with Gasteiger partial charge in [-0.2, -0.15) is 9.97 Å². The summed E-state index contributed by atoms with van der Waals surface area (Å²) in [5.74, 6) is 2.10. The highest BCUT2D eigenvalue weighted by Crippen LogP contribution is 2.25. The Morgan fingerprint density at radius 3 is 2.52 bits per heavy atom. The first kappa shape index (κ1) is 19.6. The molecule has 8 nitrogen and oxygen atoms in total. The van der Waals surface area contributed by atoms with Crippen LogP contribution in [0.25, 0.3) is 5.78 Å². The molecule has 0 unspecified atom stereocenters. The number of aromatic nitrogens is 5. The number of fused-ring (bicyclic) bond motifs is 2. The molecule has 0 aliphatic heterocycles. The van der Waals surface area contributed by atoms with Gasteiger partial charge in [-0.15, -0.1) is 10.2 Å². The molecule has 152 valence electrons. The Morgan fingerprint density at radius 1 is 1.03 bits per heavy atom. The number of Topliss-reactive ketones (excluding diaryl/α,β-unsaturated/α-hetero) is 1. The number of nitrogens with zero attached hydrogens (tertiary/aromatic N) is 7. The molecule has 0 N–H and O–H groups in total. The number of benzene rings is 1. The van der Waals surface area contributed by atoms with E-state index in [1.165, 1.54) is 35.7 Å². The molecule has 1 aliphatic rings. The third-order valence-electron chi connectivity index (χ3n) is 5.02. The summed E-state index contributed by atoms with van der Waals surface area (Å²) in [4.78, 5) is 25.6. The van der Waals surface area contributed by atoms with Crippen LogP contribution >= 0.6 is 11.8 Å². The van der Waals surface area contributed by atoms with Gasteiger partial charge in [0.15, 0.2) is 10.9 Å². The number of anilines is 2. The van der Waals surface area contributed by atoms with Gasteiger partial charge < -0.3 is 9.80 Å². The summed E-state index contributed by atoms with van der Waals surface area (Å²) in [5.41, 5.74) is 3.47. The first-order valence-electron chi connectivity index (χ1n) is 9.69. The minimum atomic E-state index is 0.0948. The lowest BCUT2D eigenvalue weighted by molar-refractivity contribution is 0.102. The van der Waals surface area contributed by atoms with Crippen molar-refractivity contribution in [3.63, 3.8) is 0 Å². The SMILES string of the molecule is CN(C)c1nc(N(C)C)n2c(SCC(=O)c3ccc4c(c3)CCCC4)nnc2n1. The number of aryl methyl sites for hydroxylation is 2. The average molecular weight is 412 g/mol. The van der Waals surface area contributed by atoms with Gasteiger partial charge in [0.2, 0.25) is 11.9 Å². The molecule has 0 saturated carbocycles. The van der Waals surface area contributed by atoms with Crippen molar-refractivity contribution in [2.45, 2.75) is 30.8 Å². The molecule has 0 fully saturated rings. The first-order valence-corrected chi connectivity index (χ1v) is 10.7. The van der Waals surface area contributed by atoms with Crippen LogP contribution in [0.3, 0.4) is 0 Å². The summed E-state index contributed by atoms with van der Waals surface area (Å²) in [7, 11) is 7.59. The zero-order valence-electron chi connectivity index (χ0n) is 17.2. The van der Waals surface area contributed by atoms with E-state index < -0.39 is 0 Å². The molecule has 4 rings (SSSR count). The maximum Gasteiger partial charge on any atom is 0.261 e. The molecule has 1 aromatic carbocycles. The summed E-state index contributed by atoms with van der Waals surface area (Å²) in [6.07, 6.45) is 4.62. The monoisotopic (exact) mass is 411 g/mol. The average Bonchev–Trinajstić information content (AvgIpc) is 3.13. The van der Waals surface area contributed by atoms with Crippen molar-refractivity contribution in [2.24, 2.45) is 0 Å². The quantitative estimate of drug-likeness (QED) is 0.452. The largest absolute Gasteiger partial charge is 0.348 e. The molecule has 0 saturated heterocycles. The van der Waals surface area contributed by atoms with Crippen LogP contribution in [0.5, 0.6) is 0 Å². The molecule has 9 heteroatoms. The van der Waals surface area contributed by atoms with Crippen LogP contribution in [0, 0.1) is 0 Å². The molecular weight excluding hydrogens is 386 g/mol. The summed E-state index contributed by atoms with van der Waals surface area (Å²) in [6.45, 7) is 0. The molecule has 0 bridgehead atoms. The summed E-state index contributed by atoms with van der Waals surface area (Å²) < 4.78 is 1.79. The fourth-order valence-electron chi connectivity index (χ4n) is 3.48. The van der Waals surface area contributed by atoms with Crippen LogP contribution in [-0.2, 0) is 12.8 Å². The molecule has 3 aromatic rings. The Labute approximate surface area is 174 Å². The number of hydrogen-bond acceptors (Lipinski definition) is 8. The summed E-state index contributed by atoms with van der Waals surface area (Å²) in [5, 5.41) is 9.05. The second kappa shape index (κ2) is 7.98. The molecule has 2 aromatic heterocycles. The van der Waals surface area contributed by atoms with Gasteiger partial charge in [0, 0.05) is 33.8 Å². The predicted octanol–water partition coefficient (Wildman–Crippen LogP) is 2.51. The van der Waals surface area contributed by atoms with E-state index in [-0.39, 0.29) is 5.78 Å². The highest BCUT2D eigenvalue weighted by Gasteiger charge is 2.19. The van der Waals surface area contributed by atoms with Crippen molar-refractivity contribution < 1.29 is 4.79 Å². The van der Waals surface area contributed by atoms with Crippen molar-refractivity contribution in [1.29, 1.82) is 0 Å². The topological polar surface area (TPSA) is 79.5 Å². The predicted molar refractivity (Wildman–Crippen MR) is 115 cm³/mol. The lowest BCUT2D eigenvalue weighted by atomic mass is 9.90. The van der Waals surface area contributed by atoms with Gasteiger partial charge in [-0.1, -0.05) is 23.9 Å². The lowest BCUT2D eigenvalue weighted by Crippen LogP contribution is -2.20. The molecule has 0 spiro atoms. The fraction of sp³-hybridized carbons (Fsp3) is 0.450. The minimum Gasteiger partial charge on any atom is -0.348 e. The van der Waals surface area contributed by atoms with E-state index in [1.54, 1.807) is 4.40 Å². The third-order valence-corrected chi connectivity index (χ3v) is 5.95. The normalized spacial score (nSPS) is 13.4. The van der Waals surface area contributed by atoms with E-state index in [9.17, 15) is 4.79 Å². The summed E-state index contributed by atoms with van der Waals surface area (Å²) in [6, 6.07) is 6.13. The van der Waals surface area contributed by atoms with E-state index in [1.807, 2.05) is 44.1 Å². The molecule has 0 atom stereocenters. The van der Waals surface area contributed by atoms with E-state index in [0.717, 1.165) is 18.4 Å². The van der Waals surface area contributed by atoms with Crippen molar-refractivity contribution in [1.82, 2.24) is 24.6 Å². The standard InChI is InChI=1S/C20H25N7OS/c1-25(2)17-21-18-23-24-20(27(18)19(22-17)26(3)4)29-12-16(28)15-10-9-13-7-5-6-8-14(13)11-15/h9-11H,5-8,12H2,1-4H3. The van der Waals surface area contributed by atoms with E-state index in [2.05, 4.69) is 32.3 Å². The van der Waals surface area contributed by atoms with Crippen molar-refractivity contribution in [3.05, 3.63) is 34.9 Å². The number of hydrogen-bond donors (Lipinski definition) is 0. The van der Waals surface area contributed by atoms with Gasteiger partial charge >= 0.3 is 0 Å². The van der Waals surface area contributed by atoms with Crippen LogP contribution in [-0.4, -0.2) is 64.3 Å². The molecule has 29 heavy (non-hydrogen) atoms. The fourth-order valence-corrected chi connectivity index (χ4v) is 4.30. The number of thioether (sulfide) groups is 1. The maximum absolute atomic E-state index is 12.8. The molecule has 2 heterocycles. The summed E-state index contributed by atoms with van der Waals surface area (Å²) >= 11 is 1.36. The van der Waals surface area contributed by atoms with Gasteiger partial charge in [0.1, 0.15) is 0 Å². The number of ketones is 1. The zero-order chi connectivity index (χ0) is 20.5. The molecule has 0 amide bonds. The minimum absolute atomic E-state index is 0.0948. The molecule has 1 aliphatic carbocycles. The van der Waals surface area contributed by atoms with Gasteiger partial charge in [0.05, 0.1) is 5.75 Å². The van der Waals surface area contributed by atoms with Crippen molar-refractivity contribution >= 4 is 35.2 Å². The smallest absolute Gasteiger partial charge is 0.261 e. The van der Waals surface area contributed by atoms with E-state index >= 15 is 0 Å². The zero-order valence-corrected chi connectivity index (χ0v) is 18.0. The Balaban J connectivity index is 1.57. The van der Waals surface area contributed by atoms with Gasteiger partial charge in [-0.3, -0.25) is 4.79 Å². The Bertz CT molecular complexity index is 1060. The van der Waals surface area contributed by atoms with E-state index in [4.69, 9.17) is 0 Å². The van der Waals surface area contributed by atoms with Crippen LogP contribution in [0.15, 0.2) is 23.4 Å². The van der Waals surface area contributed by atoms with Gasteiger partial charge in [0.25, 0.3) is 5.78 Å². The van der Waals surface area contributed by atoms with Gasteiger partial charge in [-0.05, 0) is 42.9 Å². The maximum atomic E-state index is 12.8. The second-order valence-corrected chi connectivity index (χ2v) is 8.58.